The van der Waals surface area contributed by atoms with E-state index in [4.69, 9.17) is 10.4 Å². The average molecular weight is 236 g/mol. The van der Waals surface area contributed by atoms with Crippen molar-refractivity contribution >= 4 is 17.7 Å². The Hall–Kier alpha value is -1.54. The molecule has 0 radical (unpaired) electrons. The van der Waals surface area contributed by atoms with E-state index in [2.05, 4.69) is 11.1 Å². The Bertz CT molecular complexity index is 466. The normalized spacial score (nSPS) is 11.9. The molecule has 1 heterocycles. The lowest BCUT2D eigenvalue weighted by Gasteiger charge is -2.09. The molecule has 1 unspecified atom stereocenters. The van der Waals surface area contributed by atoms with Crippen molar-refractivity contribution in [2.45, 2.75) is 31.0 Å². The van der Waals surface area contributed by atoms with Gasteiger partial charge in [-0.25, -0.2) is 4.98 Å². The minimum absolute atomic E-state index is 0.462. The van der Waals surface area contributed by atoms with Crippen LogP contribution in [-0.4, -0.2) is 21.3 Å². The van der Waals surface area contributed by atoms with Gasteiger partial charge in [-0.2, -0.15) is 5.26 Å². The number of hydrogen-bond acceptors (Lipinski definition) is 4. The van der Waals surface area contributed by atoms with Gasteiger partial charge in [-0.05, 0) is 32.4 Å². The third-order valence-corrected chi connectivity index (χ3v) is 3.13. The van der Waals surface area contributed by atoms with E-state index in [1.807, 2.05) is 19.9 Å². The van der Waals surface area contributed by atoms with Crippen LogP contribution in [0.25, 0.3) is 0 Å². The molecule has 1 N–H and O–H groups in total. The van der Waals surface area contributed by atoms with Gasteiger partial charge >= 0.3 is 5.97 Å². The molecule has 1 atom stereocenters. The Morgan fingerprint density at radius 2 is 2.25 bits per heavy atom. The van der Waals surface area contributed by atoms with Gasteiger partial charge < -0.3 is 5.11 Å². The lowest BCUT2D eigenvalue weighted by molar-refractivity contribution is -0.136. The number of nitrogens with zero attached hydrogens (tertiary/aromatic N) is 2. The van der Waals surface area contributed by atoms with E-state index in [1.165, 1.54) is 0 Å². The lowest BCUT2D eigenvalue weighted by atomic mass is 10.1. The summed E-state index contributed by atoms with van der Waals surface area (Å²) in [5.41, 5.74) is 2.08. The Morgan fingerprint density at radius 3 is 2.75 bits per heavy atom. The molecule has 0 aliphatic carbocycles. The van der Waals surface area contributed by atoms with Crippen molar-refractivity contribution < 1.29 is 9.90 Å². The fourth-order valence-electron chi connectivity index (χ4n) is 1.24. The van der Waals surface area contributed by atoms with Gasteiger partial charge in [-0.15, -0.1) is 0 Å². The maximum atomic E-state index is 10.7. The number of nitriles is 1. The maximum Gasteiger partial charge on any atom is 0.316 e. The van der Waals surface area contributed by atoms with Crippen molar-refractivity contribution in [3.05, 3.63) is 22.9 Å². The molecule has 0 aliphatic rings. The van der Waals surface area contributed by atoms with E-state index in [-0.39, 0.29) is 0 Å². The maximum absolute atomic E-state index is 10.7. The molecular formula is C11H12N2O2S. The van der Waals surface area contributed by atoms with Gasteiger partial charge in [0, 0.05) is 5.69 Å². The van der Waals surface area contributed by atoms with Crippen molar-refractivity contribution in [3.8, 4) is 6.07 Å². The second kappa shape index (κ2) is 4.99. The molecule has 1 rings (SSSR count). The minimum Gasteiger partial charge on any atom is -0.480 e. The fourth-order valence-corrected chi connectivity index (χ4v) is 2.20. The first-order valence-corrected chi connectivity index (χ1v) is 5.61. The summed E-state index contributed by atoms with van der Waals surface area (Å²) in [6.45, 7) is 5.22. The van der Waals surface area contributed by atoms with E-state index in [9.17, 15) is 4.79 Å². The lowest BCUT2D eigenvalue weighted by Crippen LogP contribution is -2.12. The van der Waals surface area contributed by atoms with Gasteiger partial charge in [0.25, 0.3) is 0 Å². The zero-order chi connectivity index (χ0) is 12.3. The van der Waals surface area contributed by atoms with E-state index in [0.29, 0.717) is 10.6 Å². The predicted octanol–water partition coefficient (Wildman–Crippen LogP) is 2.14. The number of pyridine rings is 1. The van der Waals surface area contributed by atoms with Crippen molar-refractivity contribution in [2.75, 3.05) is 0 Å². The smallest absolute Gasteiger partial charge is 0.316 e. The summed E-state index contributed by atoms with van der Waals surface area (Å²) in [5.74, 6) is -0.908. The van der Waals surface area contributed by atoms with Crippen LogP contribution in [0, 0.1) is 25.2 Å². The quantitative estimate of drug-likeness (QED) is 0.814. The van der Waals surface area contributed by atoms with Gasteiger partial charge in [0.2, 0.25) is 0 Å². The standard InChI is InChI=1S/C11H12N2O2S/c1-6-4-7(2)13-10(9(6)5-12)16-8(3)11(14)15/h4,8H,1-3H3,(H,14,15). The molecule has 84 valence electrons. The van der Waals surface area contributed by atoms with Gasteiger partial charge in [0.1, 0.15) is 16.3 Å². The molecule has 0 saturated carbocycles. The van der Waals surface area contributed by atoms with Crippen molar-refractivity contribution in [2.24, 2.45) is 0 Å². The van der Waals surface area contributed by atoms with Gasteiger partial charge in [0.15, 0.2) is 0 Å². The Kier molecular flexibility index (Phi) is 3.91. The molecule has 0 bridgehead atoms. The first-order valence-electron chi connectivity index (χ1n) is 4.73. The number of carboxylic acid groups (broad SMARTS) is 1. The van der Waals surface area contributed by atoms with Crippen molar-refractivity contribution in [1.29, 1.82) is 5.26 Å². The van der Waals surface area contributed by atoms with Gasteiger partial charge in [-0.3, -0.25) is 4.79 Å². The highest BCUT2D eigenvalue weighted by Gasteiger charge is 2.17. The molecule has 0 aliphatic heterocycles. The molecule has 0 spiro atoms. The summed E-state index contributed by atoms with van der Waals surface area (Å²) in [7, 11) is 0. The summed E-state index contributed by atoms with van der Waals surface area (Å²) >= 11 is 1.10. The third-order valence-electron chi connectivity index (χ3n) is 2.06. The van der Waals surface area contributed by atoms with Crippen LogP contribution in [0.4, 0.5) is 0 Å². The number of aryl methyl sites for hydroxylation is 2. The molecule has 0 amide bonds. The van der Waals surface area contributed by atoms with Crippen LogP contribution >= 0.6 is 11.8 Å². The predicted molar refractivity (Wildman–Crippen MR) is 61.4 cm³/mol. The molecule has 0 saturated heterocycles. The van der Waals surface area contributed by atoms with Crippen LogP contribution in [0.1, 0.15) is 23.7 Å². The summed E-state index contributed by atoms with van der Waals surface area (Å²) in [6.07, 6.45) is 0. The van der Waals surface area contributed by atoms with E-state index < -0.39 is 11.2 Å². The van der Waals surface area contributed by atoms with Gasteiger partial charge in [-0.1, -0.05) is 11.8 Å². The van der Waals surface area contributed by atoms with Crippen LogP contribution in [0.15, 0.2) is 11.1 Å². The molecule has 16 heavy (non-hydrogen) atoms. The van der Waals surface area contributed by atoms with Crippen LogP contribution in [-0.2, 0) is 4.79 Å². The summed E-state index contributed by atoms with van der Waals surface area (Å²) < 4.78 is 0. The zero-order valence-corrected chi connectivity index (χ0v) is 10.1. The third kappa shape index (κ3) is 2.74. The van der Waals surface area contributed by atoms with Crippen LogP contribution in [0.5, 0.6) is 0 Å². The number of aliphatic carboxylic acids is 1. The molecule has 0 aromatic carbocycles. The van der Waals surface area contributed by atoms with Crippen molar-refractivity contribution in [1.82, 2.24) is 4.98 Å². The number of hydrogen-bond donors (Lipinski definition) is 1. The second-order valence-electron chi connectivity index (χ2n) is 3.47. The monoisotopic (exact) mass is 236 g/mol. The van der Waals surface area contributed by atoms with Crippen molar-refractivity contribution in [3.63, 3.8) is 0 Å². The number of rotatable bonds is 3. The Balaban J connectivity index is 3.13. The van der Waals surface area contributed by atoms with E-state index in [1.54, 1.807) is 6.92 Å². The van der Waals surface area contributed by atoms with E-state index >= 15 is 0 Å². The second-order valence-corrected chi connectivity index (χ2v) is 4.80. The Labute approximate surface area is 98.3 Å². The number of carboxylic acids is 1. The molecule has 1 aromatic rings. The van der Waals surface area contributed by atoms with Crippen LogP contribution in [0.3, 0.4) is 0 Å². The molecule has 5 heteroatoms. The van der Waals surface area contributed by atoms with E-state index in [0.717, 1.165) is 23.0 Å². The number of carbonyl (C=O) groups is 1. The Morgan fingerprint density at radius 1 is 1.62 bits per heavy atom. The summed E-state index contributed by atoms with van der Waals surface area (Å²) in [6, 6.07) is 3.87. The first-order chi connectivity index (χ1) is 7.45. The molecule has 1 aromatic heterocycles. The summed E-state index contributed by atoms with van der Waals surface area (Å²) in [5, 5.41) is 17.7. The minimum atomic E-state index is -0.908. The highest BCUT2D eigenvalue weighted by atomic mass is 32.2. The fraction of sp³-hybridized carbons (Fsp3) is 0.364. The highest BCUT2D eigenvalue weighted by Crippen LogP contribution is 2.27. The van der Waals surface area contributed by atoms with Gasteiger partial charge in [0.05, 0.1) is 5.56 Å². The number of thioether (sulfide) groups is 1. The molecular weight excluding hydrogens is 224 g/mol. The zero-order valence-electron chi connectivity index (χ0n) is 9.31. The first kappa shape index (κ1) is 12.5. The largest absolute Gasteiger partial charge is 0.480 e. The topological polar surface area (TPSA) is 74.0 Å². The molecule has 4 nitrogen and oxygen atoms in total. The average Bonchev–Trinajstić information content (AvgIpc) is 2.16. The molecule has 0 fully saturated rings. The highest BCUT2D eigenvalue weighted by molar-refractivity contribution is 8.00. The summed E-state index contributed by atoms with van der Waals surface area (Å²) in [4.78, 5) is 14.9. The van der Waals surface area contributed by atoms with Crippen LogP contribution < -0.4 is 0 Å². The number of aromatic nitrogens is 1. The van der Waals surface area contributed by atoms with Crippen LogP contribution in [0.2, 0.25) is 0 Å². The SMILES string of the molecule is Cc1cc(C)c(C#N)c(SC(C)C(=O)O)n1.